The molecular formula is C23H23FN2OS. The summed E-state index contributed by atoms with van der Waals surface area (Å²) in [5.74, 6) is 2.27. The van der Waals surface area contributed by atoms with Crippen LogP contribution in [0.5, 0.6) is 0 Å². The first-order chi connectivity index (χ1) is 13.7. The molecule has 2 heterocycles. The molecule has 0 bridgehead atoms. The number of benzene rings is 2. The standard InChI is InChI=1S/C23H23FN2OS/c1-17-4-6-18(7-5-17)13-26-12-2-3-22(26)23-25-21(14-27-23)16-28-15-19-8-10-20(24)11-9-19/h2-12,21H,13-16H2,1H3/t21-/m1/s1. The first-order valence-electron chi connectivity index (χ1n) is 9.41. The van der Waals surface area contributed by atoms with Gasteiger partial charge in [-0.15, -0.1) is 0 Å². The topological polar surface area (TPSA) is 26.5 Å². The molecule has 0 radical (unpaired) electrons. The van der Waals surface area contributed by atoms with Crippen LogP contribution in [0.25, 0.3) is 0 Å². The van der Waals surface area contributed by atoms with Crippen molar-refractivity contribution in [3.63, 3.8) is 0 Å². The van der Waals surface area contributed by atoms with E-state index in [1.807, 2.05) is 18.2 Å². The molecule has 1 aromatic heterocycles. The maximum atomic E-state index is 13.0. The van der Waals surface area contributed by atoms with E-state index in [1.54, 1.807) is 11.8 Å². The number of rotatable bonds is 7. The molecule has 0 fully saturated rings. The van der Waals surface area contributed by atoms with Crippen molar-refractivity contribution < 1.29 is 9.13 Å². The van der Waals surface area contributed by atoms with Gasteiger partial charge in [0.25, 0.3) is 0 Å². The summed E-state index contributed by atoms with van der Waals surface area (Å²) in [5.41, 5.74) is 4.67. The first kappa shape index (κ1) is 18.8. The zero-order chi connectivity index (χ0) is 19.3. The zero-order valence-electron chi connectivity index (χ0n) is 15.8. The Balaban J connectivity index is 1.35. The van der Waals surface area contributed by atoms with E-state index >= 15 is 0 Å². The molecule has 28 heavy (non-hydrogen) atoms. The minimum absolute atomic E-state index is 0.156. The summed E-state index contributed by atoms with van der Waals surface area (Å²) < 4.78 is 21.0. The second kappa shape index (κ2) is 8.65. The second-order valence-electron chi connectivity index (χ2n) is 7.05. The molecule has 1 aliphatic heterocycles. The van der Waals surface area contributed by atoms with Gasteiger partial charge in [0.1, 0.15) is 18.1 Å². The van der Waals surface area contributed by atoms with E-state index in [4.69, 9.17) is 9.73 Å². The zero-order valence-corrected chi connectivity index (χ0v) is 16.7. The van der Waals surface area contributed by atoms with Gasteiger partial charge in [-0.05, 0) is 42.3 Å². The Morgan fingerprint density at radius 1 is 1.07 bits per heavy atom. The van der Waals surface area contributed by atoms with Gasteiger partial charge in [-0.2, -0.15) is 11.8 Å². The third-order valence-electron chi connectivity index (χ3n) is 4.73. The van der Waals surface area contributed by atoms with E-state index in [-0.39, 0.29) is 11.9 Å². The highest BCUT2D eigenvalue weighted by Gasteiger charge is 2.22. The summed E-state index contributed by atoms with van der Waals surface area (Å²) >= 11 is 1.80. The summed E-state index contributed by atoms with van der Waals surface area (Å²) in [7, 11) is 0. The predicted molar refractivity (Wildman–Crippen MR) is 114 cm³/mol. The smallest absolute Gasteiger partial charge is 0.233 e. The van der Waals surface area contributed by atoms with Crippen LogP contribution < -0.4 is 0 Å². The third kappa shape index (κ3) is 4.65. The number of hydrogen-bond acceptors (Lipinski definition) is 3. The van der Waals surface area contributed by atoms with Crippen molar-refractivity contribution in [3.8, 4) is 0 Å². The molecule has 0 unspecified atom stereocenters. The summed E-state index contributed by atoms with van der Waals surface area (Å²) in [6.07, 6.45) is 2.07. The van der Waals surface area contributed by atoms with Crippen molar-refractivity contribution in [1.82, 2.24) is 4.57 Å². The van der Waals surface area contributed by atoms with Crippen LogP contribution in [-0.4, -0.2) is 28.9 Å². The largest absolute Gasteiger partial charge is 0.474 e. The number of nitrogens with zero attached hydrogens (tertiary/aromatic N) is 2. The molecule has 2 aromatic carbocycles. The number of hydrogen-bond donors (Lipinski definition) is 0. The van der Waals surface area contributed by atoms with Crippen LogP contribution in [0, 0.1) is 12.7 Å². The highest BCUT2D eigenvalue weighted by Crippen LogP contribution is 2.20. The highest BCUT2D eigenvalue weighted by atomic mass is 32.2. The van der Waals surface area contributed by atoms with Gasteiger partial charge in [0.05, 0.1) is 6.04 Å². The van der Waals surface area contributed by atoms with E-state index in [2.05, 4.69) is 48.0 Å². The van der Waals surface area contributed by atoms with Crippen molar-refractivity contribution in [1.29, 1.82) is 0 Å². The van der Waals surface area contributed by atoms with Crippen LogP contribution in [0.1, 0.15) is 22.4 Å². The molecule has 0 amide bonds. The van der Waals surface area contributed by atoms with Crippen molar-refractivity contribution in [2.24, 2.45) is 4.99 Å². The molecule has 3 aromatic rings. The monoisotopic (exact) mass is 394 g/mol. The van der Waals surface area contributed by atoms with Gasteiger partial charge >= 0.3 is 0 Å². The Kier molecular flexibility index (Phi) is 5.81. The highest BCUT2D eigenvalue weighted by molar-refractivity contribution is 7.98. The fourth-order valence-electron chi connectivity index (χ4n) is 3.17. The Morgan fingerprint density at radius 2 is 1.82 bits per heavy atom. The van der Waals surface area contributed by atoms with Gasteiger partial charge in [-0.25, -0.2) is 9.38 Å². The lowest BCUT2D eigenvalue weighted by atomic mass is 10.1. The molecular weight excluding hydrogens is 371 g/mol. The Morgan fingerprint density at radius 3 is 2.61 bits per heavy atom. The Hall–Kier alpha value is -2.53. The van der Waals surface area contributed by atoms with Crippen LogP contribution in [0.3, 0.4) is 0 Å². The lowest BCUT2D eigenvalue weighted by Gasteiger charge is -2.09. The fourth-order valence-corrected chi connectivity index (χ4v) is 4.16. The van der Waals surface area contributed by atoms with Gasteiger partial charge in [-0.1, -0.05) is 42.0 Å². The predicted octanol–water partition coefficient (Wildman–Crippen LogP) is 5.06. The van der Waals surface area contributed by atoms with E-state index in [0.717, 1.165) is 35.2 Å². The van der Waals surface area contributed by atoms with Crippen LogP contribution in [-0.2, 0) is 17.0 Å². The molecule has 0 aliphatic carbocycles. The molecule has 3 nitrogen and oxygen atoms in total. The van der Waals surface area contributed by atoms with E-state index in [0.29, 0.717) is 6.61 Å². The fraction of sp³-hybridized carbons (Fsp3) is 0.261. The van der Waals surface area contributed by atoms with Crippen molar-refractivity contribution in [2.45, 2.75) is 25.3 Å². The molecule has 1 aliphatic rings. The number of ether oxygens (including phenoxy) is 1. The summed E-state index contributed by atoms with van der Waals surface area (Å²) in [6.45, 7) is 3.51. The third-order valence-corrected chi connectivity index (χ3v) is 5.88. The minimum atomic E-state index is -0.194. The first-order valence-corrected chi connectivity index (χ1v) is 10.6. The molecule has 5 heteroatoms. The molecule has 0 spiro atoms. The molecule has 0 saturated heterocycles. The van der Waals surface area contributed by atoms with Crippen LogP contribution in [0.4, 0.5) is 4.39 Å². The quantitative estimate of drug-likeness (QED) is 0.560. The van der Waals surface area contributed by atoms with Gasteiger partial charge in [0.15, 0.2) is 0 Å². The van der Waals surface area contributed by atoms with Gasteiger partial charge in [0, 0.05) is 24.2 Å². The lowest BCUT2D eigenvalue weighted by molar-refractivity contribution is 0.323. The second-order valence-corrected chi connectivity index (χ2v) is 8.08. The van der Waals surface area contributed by atoms with Gasteiger partial charge in [-0.3, -0.25) is 0 Å². The maximum absolute atomic E-state index is 13.0. The van der Waals surface area contributed by atoms with Crippen molar-refractivity contribution in [2.75, 3.05) is 12.4 Å². The molecule has 0 saturated carbocycles. The number of halogens is 1. The average Bonchev–Trinajstić information content (AvgIpc) is 3.34. The van der Waals surface area contributed by atoms with E-state index in [1.165, 1.54) is 23.3 Å². The maximum Gasteiger partial charge on any atom is 0.233 e. The summed E-state index contributed by atoms with van der Waals surface area (Å²) in [5, 5.41) is 0. The van der Waals surface area contributed by atoms with Crippen molar-refractivity contribution >= 4 is 17.7 Å². The van der Waals surface area contributed by atoms with E-state index < -0.39 is 0 Å². The number of aliphatic imine (C=N–C) groups is 1. The summed E-state index contributed by atoms with van der Waals surface area (Å²) in [4.78, 5) is 4.78. The molecule has 144 valence electrons. The lowest BCUT2D eigenvalue weighted by Crippen LogP contribution is -2.11. The molecule has 1 atom stereocenters. The summed E-state index contributed by atoms with van der Waals surface area (Å²) in [6, 6.07) is 19.5. The Labute approximate surface area is 169 Å². The van der Waals surface area contributed by atoms with Gasteiger partial charge in [0.2, 0.25) is 5.90 Å². The number of aromatic nitrogens is 1. The van der Waals surface area contributed by atoms with Crippen LogP contribution in [0.2, 0.25) is 0 Å². The van der Waals surface area contributed by atoms with Crippen LogP contribution in [0.15, 0.2) is 71.9 Å². The molecule has 0 N–H and O–H groups in total. The van der Waals surface area contributed by atoms with E-state index in [9.17, 15) is 4.39 Å². The average molecular weight is 395 g/mol. The normalized spacial score (nSPS) is 16.1. The van der Waals surface area contributed by atoms with Crippen molar-refractivity contribution in [3.05, 3.63) is 95.1 Å². The van der Waals surface area contributed by atoms with Gasteiger partial charge < -0.3 is 9.30 Å². The number of thioether (sulfide) groups is 1. The number of aryl methyl sites for hydroxylation is 1. The molecule has 4 rings (SSSR count). The SMILES string of the molecule is Cc1ccc(Cn2cccc2C2=N[C@@H](CSCc3ccc(F)cc3)CO2)cc1. The minimum Gasteiger partial charge on any atom is -0.474 e. The van der Waals surface area contributed by atoms with Crippen LogP contribution >= 0.6 is 11.8 Å². The Bertz CT molecular complexity index is 947.